The molecule has 0 spiro atoms. The van der Waals surface area contributed by atoms with Crippen molar-refractivity contribution in [1.82, 2.24) is 10.2 Å². The minimum Gasteiger partial charge on any atom is -0.352 e. The van der Waals surface area contributed by atoms with Gasteiger partial charge in [-0.3, -0.25) is 13.9 Å². The van der Waals surface area contributed by atoms with Crippen molar-refractivity contribution in [2.45, 2.75) is 55.6 Å². The van der Waals surface area contributed by atoms with Crippen molar-refractivity contribution in [3.05, 3.63) is 129 Å². The number of halogens is 3. The highest BCUT2D eigenvalue weighted by atomic mass is 35.5. The Morgan fingerprint density at radius 1 is 0.761 bits per heavy atom. The summed E-state index contributed by atoms with van der Waals surface area (Å²) < 4.78 is 29.2. The van der Waals surface area contributed by atoms with E-state index in [9.17, 15) is 18.0 Å². The highest BCUT2D eigenvalue weighted by Crippen LogP contribution is 2.30. The summed E-state index contributed by atoms with van der Waals surface area (Å²) in [7, 11) is -4.27. The summed E-state index contributed by atoms with van der Waals surface area (Å²) >= 11 is 18.9. The molecule has 0 aromatic heterocycles. The van der Waals surface area contributed by atoms with Gasteiger partial charge in [0.25, 0.3) is 10.0 Å². The van der Waals surface area contributed by atoms with Crippen LogP contribution in [-0.4, -0.2) is 43.8 Å². The fourth-order valence-corrected chi connectivity index (χ4v) is 7.83. The number of rotatable bonds is 12. The minimum absolute atomic E-state index is 0.0115. The molecule has 1 fully saturated rings. The monoisotopic (exact) mass is 697 g/mol. The largest absolute Gasteiger partial charge is 0.352 e. The summed E-state index contributed by atoms with van der Waals surface area (Å²) in [5.74, 6) is -0.882. The van der Waals surface area contributed by atoms with Crippen LogP contribution in [0.3, 0.4) is 0 Å². The predicted molar refractivity (Wildman–Crippen MR) is 184 cm³/mol. The molecule has 0 heterocycles. The molecule has 0 saturated heterocycles. The Hall–Kier alpha value is -3.56. The summed E-state index contributed by atoms with van der Waals surface area (Å²) in [6.07, 6.45) is 4.00. The number of nitrogens with one attached hydrogen (secondary N) is 1. The van der Waals surface area contributed by atoms with Crippen molar-refractivity contribution in [3.63, 3.8) is 0 Å². The summed E-state index contributed by atoms with van der Waals surface area (Å²) in [6.45, 7) is -0.596. The highest BCUT2D eigenvalue weighted by Gasteiger charge is 2.35. The molecule has 1 aliphatic carbocycles. The first kappa shape index (κ1) is 33.8. The number of hydrogen-bond acceptors (Lipinski definition) is 4. The van der Waals surface area contributed by atoms with Crippen LogP contribution >= 0.6 is 34.8 Å². The highest BCUT2D eigenvalue weighted by molar-refractivity contribution is 7.92. The Morgan fingerprint density at radius 2 is 1.37 bits per heavy atom. The summed E-state index contributed by atoms with van der Waals surface area (Å²) in [4.78, 5) is 30.1. The van der Waals surface area contributed by atoms with Gasteiger partial charge in [-0.25, -0.2) is 8.42 Å². The number of sulfonamides is 1. The molecule has 7 nitrogen and oxygen atoms in total. The molecule has 1 atom stereocenters. The zero-order valence-corrected chi connectivity index (χ0v) is 28.1. The fraction of sp³-hybridized carbons (Fsp3) is 0.257. The third-order valence-corrected chi connectivity index (χ3v) is 10.4. The summed E-state index contributed by atoms with van der Waals surface area (Å²) in [5, 5.41) is 4.05. The third-order valence-electron chi connectivity index (χ3n) is 7.96. The van der Waals surface area contributed by atoms with Gasteiger partial charge in [0.1, 0.15) is 12.6 Å². The zero-order valence-electron chi connectivity index (χ0n) is 25.0. The molecule has 4 aromatic carbocycles. The van der Waals surface area contributed by atoms with Crippen molar-refractivity contribution in [2.24, 2.45) is 0 Å². The molecule has 46 heavy (non-hydrogen) atoms. The predicted octanol–water partition coefficient (Wildman–Crippen LogP) is 7.54. The van der Waals surface area contributed by atoms with Gasteiger partial charge in [-0.05, 0) is 66.4 Å². The smallest absolute Gasteiger partial charge is 0.264 e. The number of amides is 2. The van der Waals surface area contributed by atoms with Gasteiger partial charge in [-0.15, -0.1) is 0 Å². The lowest BCUT2D eigenvalue weighted by Crippen LogP contribution is -2.54. The van der Waals surface area contributed by atoms with Crippen LogP contribution in [0.25, 0.3) is 0 Å². The number of hydrogen-bond donors (Lipinski definition) is 1. The van der Waals surface area contributed by atoms with Crippen LogP contribution in [0.15, 0.2) is 108 Å². The van der Waals surface area contributed by atoms with Crippen molar-refractivity contribution in [2.75, 3.05) is 10.8 Å². The van der Waals surface area contributed by atoms with Gasteiger partial charge < -0.3 is 10.2 Å². The summed E-state index contributed by atoms with van der Waals surface area (Å²) in [6, 6.07) is 27.7. The first-order valence-electron chi connectivity index (χ1n) is 15.0. The van der Waals surface area contributed by atoms with Gasteiger partial charge in [0.2, 0.25) is 11.8 Å². The maximum absolute atomic E-state index is 14.6. The van der Waals surface area contributed by atoms with Gasteiger partial charge in [0.05, 0.1) is 10.6 Å². The molecule has 1 aliphatic rings. The zero-order chi connectivity index (χ0) is 32.7. The number of nitrogens with zero attached hydrogens (tertiary/aromatic N) is 2. The van der Waals surface area contributed by atoms with Crippen LogP contribution in [0.5, 0.6) is 0 Å². The fourth-order valence-electron chi connectivity index (χ4n) is 5.69. The maximum Gasteiger partial charge on any atom is 0.264 e. The van der Waals surface area contributed by atoms with E-state index in [0.717, 1.165) is 35.6 Å². The van der Waals surface area contributed by atoms with Gasteiger partial charge >= 0.3 is 0 Å². The van der Waals surface area contributed by atoms with Gasteiger partial charge in [-0.1, -0.05) is 108 Å². The Morgan fingerprint density at radius 3 is 2.00 bits per heavy atom. The Kier molecular flexibility index (Phi) is 11.3. The first-order chi connectivity index (χ1) is 22.1. The number of carbonyl (C=O) groups excluding carboxylic acids is 2. The van der Waals surface area contributed by atoms with Crippen LogP contribution in [0.1, 0.15) is 36.8 Å². The van der Waals surface area contributed by atoms with Crippen LogP contribution in [0.2, 0.25) is 15.1 Å². The minimum atomic E-state index is -4.27. The van der Waals surface area contributed by atoms with Crippen molar-refractivity contribution >= 4 is 62.3 Å². The average Bonchev–Trinajstić information content (AvgIpc) is 3.55. The molecule has 1 N–H and O–H groups in total. The molecular formula is C35H34Cl3N3O4S. The molecule has 4 aromatic rings. The van der Waals surface area contributed by atoms with Crippen LogP contribution < -0.4 is 9.62 Å². The Labute approximate surface area is 285 Å². The van der Waals surface area contributed by atoms with Crippen LogP contribution in [-0.2, 0) is 32.6 Å². The lowest BCUT2D eigenvalue weighted by Gasteiger charge is -2.34. The topological polar surface area (TPSA) is 86.8 Å². The van der Waals surface area contributed by atoms with Gasteiger partial charge in [-0.2, -0.15) is 0 Å². The lowest BCUT2D eigenvalue weighted by molar-refractivity contribution is -0.140. The van der Waals surface area contributed by atoms with Crippen molar-refractivity contribution in [3.8, 4) is 0 Å². The number of anilines is 1. The van der Waals surface area contributed by atoms with Crippen LogP contribution in [0, 0.1) is 0 Å². The van der Waals surface area contributed by atoms with Gasteiger partial charge in [0.15, 0.2) is 0 Å². The molecule has 0 radical (unpaired) electrons. The summed E-state index contributed by atoms with van der Waals surface area (Å²) in [5.41, 5.74) is 1.66. The molecule has 240 valence electrons. The molecule has 2 amide bonds. The second-order valence-electron chi connectivity index (χ2n) is 11.3. The molecule has 11 heteroatoms. The SMILES string of the molecule is O=C(NC1CCCC1)[C@H](Cc1ccccc1)N(Cc1cccc(Cl)c1)C(=O)CN(c1cc(Cl)cc(Cl)c1)S(=O)(=O)c1ccccc1. The van der Waals surface area contributed by atoms with Crippen molar-refractivity contribution in [1.29, 1.82) is 0 Å². The van der Waals surface area contributed by atoms with E-state index in [4.69, 9.17) is 34.8 Å². The normalized spacial score (nSPS) is 14.1. The van der Waals surface area contributed by atoms with E-state index < -0.39 is 28.5 Å². The van der Waals surface area contributed by atoms with Crippen molar-refractivity contribution < 1.29 is 18.0 Å². The van der Waals surface area contributed by atoms with E-state index in [2.05, 4.69) is 5.32 Å². The molecule has 1 saturated carbocycles. The van der Waals surface area contributed by atoms with E-state index in [1.54, 1.807) is 36.4 Å². The van der Waals surface area contributed by atoms with Gasteiger partial charge in [0, 0.05) is 34.1 Å². The molecular weight excluding hydrogens is 665 g/mol. The standard InChI is InChI=1S/C35H34Cl3N3O4S/c36-27-13-9-12-26(18-27)23-40(33(19-25-10-3-1-4-11-25)35(43)39-30-14-7-8-15-30)34(42)24-41(31-21-28(37)20-29(38)22-31)46(44,45)32-16-5-2-6-17-32/h1-6,9-13,16-18,20-22,30,33H,7-8,14-15,19,23-24H2,(H,39,43)/t33-/m0/s1. The second-order valence-corrected chi connectivity index (χ2v) is 14.5. The number of benzene rings is 4. The molecule has 0 bridgehead atoms. The maximum atomic E-state index is 14.6. The number of carbonyl (C=O) groups is 2. The van der Waals surface area contributed by atoms with E-state index in [1.807, 2.05) is 36.4 Å². The van der Waals surface area contributed by atoms with E-state index in [0.29, 0.717) is 10.6 Å². The first-order valence-corrected chi connectivity index (χ1v) is 17.6. The Bertz CT molecular complexity index is 1750. The van der Waals surface area contributed by atoms with E-state index in [1.165, 1.54) is 35.2 Å². The molecule has 0 unspecified atom stereocenters. The molecule has 0 aliphatic heterocycles. The van der Waals surface area contributed by atoms with Crippen LogP contribution in [0.4, 0.5) is 5.69 Å². The van der Waals surface area contributed by atoms with E-state index >= 15 is 0 Å². The second kappa shape index (κ2) is 15.4. The molecule has 5 rings (SSSR count). The quantitative estimate of drug-likeness (QED) is 0.166. The van der Waals surface area contributed by atoms with E-state index in [-0.39, 0.29) is 45.5 Å². The lowest BCUT2D eigenvalue weighted by atomic mass is 10.0. The average molecular weight is 699 g/mol. The Balaban J connectivity index is 1.58. The third kappa shape index (κ3) is 8.62.